The minimum atomic E-state index is -0.0311. The molecule has 0 radical (unpaired) electrons. The molecule has 5 rings (SSSR count). The Morgan fingerprint density at radius 1 is 1.14 bits per heavy atom. The van der Waals surface area contributed by atoms with E-state index in [2.05, 4.69) is 21.0 Å². The van der Waals surface area contributed by atoms with Crippen molar-refractivity contribution in [2.45, 2.75) is 19.4 Å². The van der Waals surface area contributed by atoms with Crippen LogP contribution < -0.4 is 25.7 Å². The first kappa shape index (κ1) is 24.3. The molecule has 2 aromatic carbocycles. The summed E-state index contributed by atoms with van der Waals surface area (Å²) in [7, 11) is 0. The Morgan fingerprint density at radius 3 is 2.72 bits per heavy atom. The molecule has 9 nitrogen and oxygen atoms in total. The minimum absolute atomic E-state index is 0.00880. The number of nitrogens with one attached hydrogen (secondary N) is 3. The molecule has 1 fully saturated rings. The van der Waals surface area contributed by atoms with Crippen LogP contribution >= 0.6 is 11.6 Å². The van der Waals surface area contributed by atoms with E-state index in [1.807, 2.05) is 65.5 Å². The van der Waals surface area contributed by atoms with Gasteiger partial charge in [-0.3, -0.25) is 10.2 Å². The summed E-state index contributed by atoms with van der Waals surface area (Å²) in [5.41, 5.74) is 4.93. The number of aromatic nitrogens is 2. The van der Waals surface area contributed by atoms with Crippen molar-refractivity contribution in [2.75, 3.05) is 49.5 Å². The van der Waals surface area contributed by atoms with Gasteiger partial charge < -0.3 is 20.3 Å². The third kappa shape index (κ3) is 6.04. The molecule has 2 aliphatic heterocycles. The fraction of sp³-hybridized carbons (Fsp3) is 0.346. The van der Waals surface area contributed by atoms with Gasteiger partial charge in [0.1, 0.15) is 23.1 Å². The number of rotatable bonds is 7. The summed E-state index contributed by atoms with van der Waals surface area (Å²) in [6.07, 6.45) is 2.67. The van der Waals surface area contributed by atoms with Gasteiger partial charge >= 0.3 is 0 Å². The van der Waals surface area contributed by atoms with Crippen molar-refractivity contribution in [3.8, 4) is 11.5 Å². The highest BCUT2D eigenvalue weighted by molar-refractivity contribution is 6.30. The third-order valence-electron chi connectivity index (χ3n) is 6.22. The third-order valence-corrected chi connectivity index (χ3v) is 6.46. The fourth-order valence-corrected chi connectivity index (χ4v) is 4.68. The minimum Gasteiger partial charge on any atom is -0.457 e. The normalized spacial score (nSPS) is 17.8. The van der Waals surface area contributed by atoms with Gasteiger partial charge in [0, 0.05) is 61.3 Å². The zero-order valence-corrected chi connectivity index (χ0v) is 21.0. The lowest BCUT2D eigenvalue weighted by Crippen LogP contribution is -2.54. The summed E-state index contributed by atoms with van der Waals surface area (Å²) in [5, 5.41) is 9.49. The lowest BCUT2D eigenvalue weighted by Gasteiger charge is -2.35. The van der Waals surface area contributed by atoms with Crippen molar-refractivity contribution < 1.29 is 9.53 Å². The number of hydrogen-bond acceptors (Lipinski definition) is 8. The number of ether oxygens (including phenoxy) is 1. The monoisotopic (exact) mass is 507 g/mol. The number of hydrazine groups is 1. The van der Waals surface area contributed by atoms with E-state index in [1.165, 1.54) is 0 Å². The van der Waals surface area contributed by atoms with Gasteiger partial charge in [-0.15, -0.1) is 0 Å². The van der Waals surface area contributed by atoms with Crippen LogP contribution in [0.1, 0.15) is 23.9 Å². The number of halogens is 1. The van der Waals surface area contributed by atoms with Crippen LogP contribution in [0.4, 0.5) is 11.5 Å². The lowest BCUT2D eigenvalue weighted by atomic mass is 10.0. The van der Waals surface area contributed by atoms with Gasteiger partial charge in [0.15, 0.2) is 0 Å². The molecule has 2 aliphatic rings. The number of benzene rings is 2. The highest BCUT2D eigenvalue weighted by Crippen LogP contribution is 2.35. The Balaban J connectivity index is 1.28. The average Bonchev–Trinajstić information content (AvgIpc) is 2.86. The Kier molecular flexibility index (Phi) is 7.50. The molecule has 0 saturated carbocycles. The average molecular weight is 508 g/mol. The molecule has 1 unspecified atom stereocenters. The van der Waals surface area contributed by atoms with Crippen molar-refractivity contribution >= 4 is 29.0 Å². The van der Waals surface area contributed by atoms with Crippen molar-refractivity contribution in [1.29, 1.82) is 0 Å². The number of amides is 1. The van der Waals surface area contributed by atoms with E-state index in [0.29, 0.717) is 28.9 Å². The Labute approximate surface area is 215 Å². The molecule has 1 aromatic heterocycles. The molecule has 0 spiro atoms. The molecule has 3 heterocycles. The van der Waals surface area contributed by atoms with E-state index >= 15 is 0 Å². The maximum Gasteiger partial charge on any atom is 0.253 e. The standard InChI is InChI=1S/C26H30ClN7O2/c1-18-29-16-23-24(31-20-5-3-7-22(15-20)36-21-6-2-4-19(27)14-21)8-11-33(26(23)30-18)17-25(35)32-34-12-9-28-10-13-34/h2-7,14-16,24,28,31H,8-13,17H2,1H3,(H,32,35). The van der Waals surface area contributed by atoms with Crippen molar-refractivity contribution in [2.24, 2.45) is 0 Å². The molecule has 0 aliphatic carbocycles. The zero-order valence-electron chi connectivity index (χ0n) is 20.2. The highest BCUT2D eigenvalue weighted by Gasteiger charge is 2.29. The van der Waals surface area contributed by atoms with Crippen molar-refractivity contribution in [3.63, 3.8) is 0 Å². The molecular weight excluding hydrogens is 478 g/mol. The van der Waals surface area contributed by atoms with Gasteiger partial charge in [-0.05, 0) is 43.7 Å². The number of nitrogens with zero attached hydrogens (tertiary/aromatic N) is 4. The van der Waals surface area contributed by atoms with Gasteiger partial charge in [0.25, 0.3) is 5.91 Å². The second-order valence-corrected chi connectivity index (χ2v) is 9.40. The highest BCUT2D eigenvalue weighted by atomic mass is 35.5. The molecule has 10 heteroatoms. The van der Waals surface area contributed by atoms with Crippen LogP contribution in [0.15, 0.2) is 54.7 Å². The largest absolute Gasteiger partial charge is 0.457 e. The van der Waals surface area contributed by atoms with Crippen LogP contribution in [-0.2, 0) is 4.79 Å². The van der Waals surface area contributed by atoms with Crippen LogP contribution in [0.5, 0.6) is 11.5 Å². The van der Waals surface area contributed by atoms with Crippen LogP contribution in [0, 0.1) is 6.92 Å². The molecule has 1 atom stereocenters. The summed E-state index contributed by atoms with van der Waals surface area (Å²) < 4.78 is 5.99. The molecule has 3 aromatic rings. The number of piperazine rings is 1. The number of aryl methyl sites for hydroxylation is 1. The van der Waals surface area contributed by atoms with Gasteiger partial charge in [0.05, 0.1) is 12.6 Å². The molecule has 3 N–H and O–H groups in total. The van der Waals surface area contributed by atoms with Crippen LogP contribution in [-0.4, -0.2) is 60.2 Å². The van der Waals surface area contributed by atoms with Crippen molar-refractivity contribution in [3.05, 3.63) is 71.1 Å². The second kappa shape index (κ2) is 11.1. The maximum absolute atomic E-state index is 12.8. The molecule has 1 amide bonds. The van der Waals surface area contributed by atoms with E-state index in [9.17, 15) is 4.79 Å². The molecule has 36 heavy (non-hydrogen) atoms. The summed E-state index contributed by atoms with van der Waals surface area (Å²) in [4.78, 5) is 23.9. The topological polar surface area (TPSA) is 94.7 Å². The fourth-order valence-electron chi connectivity index (χ4n) is 4.50. The summed E-state index contributed by atoms with van der Waals surface area (Å²) in [5.74, 6) is 2.84. The predicted molar refractivity (Wildman–Crippen MR) is 141 cm³/mol. The second-order valence-electron chi connectivity index (χ2n) is 8.96. The molecule has 0 bridgehead atoms. The Hall–Kier alpha value is -3.40. The number of carbonyl (C=O) groups excluding carboxylic acids is 1. The van der Waals surface area contributed by atoms with E-state index in [4.69, 9.17) is 21.3 Å². The molecule has 1 saturated heterocycles. The summed E-state index contributed by atoms with van der Waals surface area (Å²) >= 11 is 6.08. The Bertz CT molecular complexity index is 1220. The smallest absolute Gasteiger partial charge is 0.253 e. The number of carbonyl (C=O) groups is 1. The van der Waals surface area contributed by atoms with Crippen LogP contribution in [0.2, 0.25) is 5.02 Å². The van der Waals surface area contributed by atoms with Gasteiger partial charge in [0.2, 0.25) is 0 Å². The van der Waals surface area contributed by atoms with Crippen LogP contribution in [0.25, 0.3) is 0 Å². The Morgan fingerprint density at radius 2 is 1.92 bits per heavy atom. The summed E-state index contributed by atoms with van der Waals surface area (Å²) in [6, 6.07) is 15.2. The quantitative estimate of drug-likeness (QED) is 0.447. The first-order chi connectivity index (χ1) is 17.5. The lowest BCUT2D eigenvalue weighted by molar-refractivity contribution is -0.124. The van der Waals surface area contributed by atoms with Gasteiger partial charge in [-0.2, -0.15) is 0 Å². The molecule has 188 valence electrons. The first-order valence-electron chi connectivity index (χ1n) is 12.2. The summed E-state index contributed by atoms with van der Waals surface area (Å²) in [6.45, 7) is 6.17. The van der Waals surface area contributed by atoms with Gasteiger partial charge in [-0.25, -0.2) is 15.0 Å². The van der Waals surface area contributed by atoms with Crippen LogP contribution in [0.3, 0.4) is 0 Å². The first-order valence-corrected chi connectivity index (χ1v) is 12.5. The van der Waals surface area contributed by atoms with E-state index in [0.717, 1.165) is 49.7 Å². The van der Waals surface area contributed by atoms with Crippen molar-refractivity contribution in [1.82, 2.24) is 25.7 Å². The number of hydrogen-bond donors (Lipinski definition) is 3. The molecular formula is C26H30ClN7O2. The number of fused-ring (bicyclic) bond motifs is 1. The maximum atomic E-state index is 12.8. The SMILES string of the molecule is Cc1ncc2c(n1)N(CC(=O)NN1CCNCC1)CCC2Nc1cccc(Oc2cccc(Cl)c2)c1. The predicted octanol–water partition coefficient (Wildman–Crippen LogP) is 3.53. The zero-order chi connectivity index (χ0) is 24.9. The van der Waals surface area contributed by atoms with E-state index in [-0.39, 0.29) is 18.5 Å². The van der Waals surface area contributed by atoms with Gasteiger partial charge in [-0.1, -0.05) is 23.7 Å². The van der Waals surface area contributed by atoms with E-state index in [1.54, 1.807) is 6.07 Å². The van der Waals surface area contributed by atoms with E-state index < -0.39 is 0 Å². The number of anilines is 2.